The Bertz CT molecular complexity index is 683. The number of hydrogen-bond acceptors (Lipinski definition) is 6. The number of nitrogens with two attached hydrogens (primary N) is 1. The van der Waals surface area contributed by atoms with Gasteiger partial charge in [-0.05, 0) is 43.3 Å². The first-order valence-corrected chi connectivity index (χ1v) is 6.87. The number of pyridine rings is 1. The monoisotopic (exact) mass is 315 g/mol. The average Bonchev–Trinajstić information content (AvgIpc) is 2.56. The van der Waals surface area contributed by atoms with Crippen molar-refractivity contribution in [2.24, 2.45) is 0 Å². The number of hydrogen-bond donors (Lipinski definition) is 2. The lowest BCUT2D eigenvalue weighted by Crippen LogP contribution is -2.30. The van der Waals surface area contributed by atoms with Crippen LogP contribution in [0.25, 0.3) is 0 Å². The molecule has 0 aliphatic rings. The Kier molecular flexibility index (Phi) is 5.14. The minimum absolute atomic E-state index is 0.0864. The number of nitrogens with one attached hydrogen (secondary N) is 1. The number of methoxy groups -OCH3 is 1. The average molecular weight is 315 g/mol. The molecule has 3 N–H and O–H groups in total. The second-order valence-electron chi connectivity index (χ2n) is 4.74. The maximum atomic E-state index is 12.0. The third-order valence-electron chi connectivity index (χ3n) is 3.01. The number of benzene rings is 1. The Morgan fingerprint density at radius 3 is 2.43 bits per heavy atom. The van der Waals surface area contributed by atoms with Crippen LogP contribution in [0.4, 0.5) is 11.4 Å². The molecule has 0 bridgehead atoms. The number of nitrogen functional groups attached to an aromatic ring is 1. The molecule has 0 saturated heterocycles. The summed E-state index contributed by atoms with van der Waals surface area (Å²) in [5.41, 5.74) is 6.59. The van der Waals surface area contributed by atoms with E-state index in [9.17, 15) is 9.59 Å². The Morgan fingerprint density at radius 2 is 1.87 bits per heavy atom. The molecule has 0 aliphatic heterocycles. The second kappa shape index (κ2) is 7.26. The number of carbonyl (C=O) groups is 2. The van der Waals surface area contributed by atoms with Gasteiger partial charge in [0.05, 0.1) is 19.0 Å². The van der Waals surface area contributed by atoms with Crippen LogP contribution < -0.4 is 15.8 Å². The van der Waals surface area contributed by atoms with Crippen LogP contribution in [0.2, 0.25) is 0 Å². The van der Waals surface area contributed by atoms with Gasteiger partial charge in [0.25, 0.3) is 5.91 Å². The maximum Gasteiger partial charge on any atom is 0.357 e. The molecule has 0 radical (unpaired) electrons. The molecule has 1 heterocycles. The topological polar surface area (TPSA) is 104 Å². The van der Waals surface area contributed by atoms with Gasteiger partial charge in [0.1, 0.15) is 11.4 Å². The molecule has 2 rings (SSSR count). The SMILES string of the molecule is COc1ccc(NC(=O)[C@H](C)OC(=O)c2ccc(N)cn2)cc1. The predicted octanol–water partition coefficient (Wildman–Crippen LogP) is 1.86. The Hall–Kier alpha value is -3.09. The molecule has 2 aromatic rings. The van der Waals surface area contributed by atoms with Crippen molar-refractivity contribution in [3.8, 4) is 5.75 Å². The van der Waals surface area contributed by atoms with Gasteiger partial charge >= 0.3 is 5.97 Å². The summed E-state index contributed by atoms with van der Waals surface area (Å²) >= 11 is 0. The number of amides is 1. The number of anilines is 2. The van der Waals surface area contributed by atoms with E-state index in [1.54, 1.807) is 31.4 Å². The Morgan fingerprint density at radius 1 is 1.17 bits per heavy atom. The van der Waals surface area contributed by atoms with E-state index in [0.29, 0.717) is 17.1 Å². The molecule has 0 saturated carbocycles. The quantitative estimate of drug-likeness (QED) is 0.816. The van der Waals surface area contributed by atoms with Crippen LogP contribution in [-0.4, -0.2) is 30.1 Å². The number of rotatable bonds is 5. The van der Waals surface area contributed by atoms with Gasteiger partial charge in [-0.3, -0.25) is 4.79 Å². The van der Waals surface area contributed by atoms with Gasteiger partial charge in [0, 0.05) is 5.69 Å². The standard InChI is InChI=1S/C16H17N3O4/c1-10(23-16(21)14-8-3-11(17)9-18-14)15(20)19-12-4-6-13(22-2)7-5-12/h3-10H,17H2,1-2H3,(H,19,20)/t10-/m0/s1. The molecule has 23 heavy (non-hydrogen) atoms. The molecule has 1 aromatic heterocycles. The van der Waals surface area contributed by atoms with Crippen LogP contribution in [0.3, 0.4) is 0 Å². The minimum Gasteiger partial charge on any atom is -0.497 e. The van der Waals surface area contributed by atoms with Crippen LogP contribution in [0.5, 0.6) is 5.75 Å². The first-order valence-electron chi connectivity index (χ1n) is 6.87. The molecule has 0 spiro atoms. The van der Waals surface area contributed by atoms with Crippen LogP contribution in [-0.2, 0) is 9.53 Å². The summed E-state index contributed by atoms with van der Waals surface area (Å²) in [7, 11) is 1.56. The highest BCUT2D eigenvalue weighted by atomic mass is 16.5. The lowest BCUT2D eigenvalue weighted by atomic mass is 10.3. The fraction of sp³-hybridized carbons (Fsp3) is 0.188. The fourth-order valence-corrected chi connectivity index (χ4v) is 1.72. The van der Waals surface area contributed by atoms with Crippen molar-refractivity contribution in [2.75, 3.05) is 18.2 Å². The number of carbonyl (C=O) groups excluding carboxylic acids is 2. The van der Waals surface area contributed by atoms with Gasteiger partial charge < -0.3 is 20.5 Å². The highest BCUT2D eigenvalue weighted by molar-refractivity contribution is 5.96. The lowest BCUT2D eigenvalue weighted by molar-refractivity contribution is -0.123. The van der Waals surface area contributed by atoms with Crippen molar-refractivity contribution in [3.05, 3.63) is 48.3 Å². The highest BCUT2D eigenvalue weighted by Gasteiger charge is 2.19. The first-order chi connectivity index (χ1) is 11.0. The third kappa shape index (κ3) is 4.44. The summed E-state index contributed by atoms with van der Waals surface area (Å²) < 4.78 is 10.1. The number of aromatic nitrogens is 1. The summed E-state index contributed by atoms with van der Waals surface area (Å²) in [4.78, 5) is 27.8. The summed E-state index contributed by atoms with van der Waals surface area (Å²) in [6, 6.07) is 9.77. The highest BCUT2D eigenvalue weighted by Crippen LogP contribution is 2.15. The van der Waals surface area contributed by atoms with E-state index in [-0.39, 0.29) is 5.69 Å². The molecular formula is C16H17N3O4. The fourth-order valence-electron chi connectivity index (χ4n) is 1.72. The van der Waals surface area contributed by atoms with Crippen molar-refractivity contribution < 1.29 is 19.1 Å². The summed E-state index contributed by atoms with van der Waals surface area (Å²) in [6.45, 7) is 1.48. The molecule has 1 aromatic carbocycles. The van der Waals surface area contributed by atoms with E-state index >= 15 is 0 Å². The molecule has 7 heteroatoms. The molecule has 7 nitrogen and oxygen atoms in total. The van der Waals surface area contributed by atoms with Crippen molar-refractivity contribution in [1.82, 2.24) is 4.98 Å². The Balaban J connectivity index is 1.93. The summed E-state index contributed by atoms with van der Waals surface area (Å²) in [6.07, 6.45) is 0.377. The van der Waals surface area contributed by atoms with E-state index in [2.05, 4.69) is 10.3 Å². The summed E-state index contributed by atoms with van der Waals surface area (Å²) in [5.74, 6) is -0.460. The van der Waals surface area contributed by atoms with Crippen molar-refractivity contribution in [2.45, 2.75) is 13.0 Å². The van der Waals surface area contributed by atoms with E-state index in [1.807, 2.05) is 0 Å². The number of esters is 1. The first kappa shape index (κ1) is 16.3. The Labute approximate surface area is 133 Å². The van der Waals surface area contributed by atoms with Crippen molar-refractivity contribution >= 4 is 23.3 Å². The normalized spacial score (nSPS) is 11.4. The lowest BCUT2D eigenvalue weighted by Gasteiger charge is -2.13. The molecule has 120 valence electrons. The van der Waals surface area contributed by atoms with Gasteiger partial charge in [-0.2, -0.15) is 0 Å². The molecular weight excluding hydrogens is 298 g/mol. The van der Waals surface area contributed by atoms with Crippen molar-refractivity contribution in [1.29, 1.82) is 0 Å². The third-order valence-corrected chi connectivity index (χ3v) is 3.01. The zero-order valence-corrected chi connectivity index (χ0v) is 12.8. The molecule has 0 aliphatic carbocycles. The largest absolute Gasteiger partial charge is 0.497 e. The van der Waals surface area contributed by atoms with Gasteiger partial charge in [0.15, 0.2) is 6.10 Å². The van der Waals surface area contributed by atoms with E-state index in [0.717, 1.165) is 0 Å². The van der Waals surface area contributed by atoms with E-state index in [4.69, 9.17) is 15.2 Å². The number of nitrogens with zero attached hydrogens (tertiary/aromatic N) is 1. The van der Waals surface area contributed by atoms with Crippen LogP contribution in [0.1, 0.15) is 17.4 Å². The van der Waals surface area contributed by atoms with Crippen LogP contribution >= 0.6 is 0 Å². The zero-order valence-electron chi connectivity index (χ0n) is 12.8. The van der Waals surface area contributed by atoms with E-state index in [1.165, 1.54) is 25.3 Å². The minimum atomic E-state index is -0.969. The van der Waals surface area contributed by atoms with E-state index < -0.39 is 18.0 Å². The maximum absolute atomic E-state index is 12.0. The van der Waals surface area contributed by atoms with Crippen molar-refractivity contribution in [3.63, 3.8) is 0 Å². The second-order valence-corrected chi connectivity index (χ2v) is 4.74. The van der Waals surface area contributed by atoms with Crippen LogP contribution in [0, 0.1) is 0 Å². The van der Waals surface area contributed by atoms with Gasteiger partial charge in [-0.15, -0.1) is 0 Å². The molecule has 0 unspecified atom stereocenters. The van der Waals surface area contributed by atoms with Gasteiger partial charge in [-0.25, -0.2) is 9.78 Å². The molecule has 1 amide bonds. The predicted molar refractivity (Wildman–Crippen MR) is 85.2 cm³/mol. The summed E-state index contributed by atoms with van der Waals surface area (Å²) in [5, 5.41) is 2.65. The zero-order chi connectivity index (χ0) is 16.8. The molecule has 0 fully saturated rings. The number of ether oxygens (including phenoxy) is 2. The van der Waals surface area contributed by atoms with Gasteiger partial charge in [-0.1, -0.05) is 0 Å². The van der Waals surface area contributed by atoms with Gasteiger partial charge in [0.2, 0.25) is 0 Å². The smallest absolute Gasteiger partial charge is 0.357 e. The van der Waals surface area contributed by atoms with Crippen LogP contribution in [0.15, 0.2) is 42.6 Å². The molecule has 1 atom stereocenters.